The number of rotatable bonds is 9. The maximum Gasteiger partial charge on any atom is 0.223 e. The molecule has 2 aromatic carbocycles. The molecule has 1 aliphatic heterocycles. The summed E-state index contributed by atoms with van der Waals surface area (Å²) < 4.78 is 8.20. The van der Waals surface area contributed by atoms with Crippen LogP contribution in [0.15, 0.2) is 61.2 Å². The van der Waals surface area contributed by atoms with Crippen molar-refractivity contribution >= 4 is 16.9 Å². The summed E-state index contributed by atoms with van der Waals surface area (Å²) in [6.45, 7) is 8.72. The monoisotopic (exact) mass is 403 g/mol. The van der Waals surface area contributed by atoms with Gasteiger partial charge in [-0.25, -0.2) is 4.98 Å². The molecule has 0 spiro atoms. The molecule has 156 valence electrons. The second-order valence-electron chi connectivity index (χ2n) is 7.97. The van der Waals surface area contributed by atoms with E-state index in [1.54, 1.807) is 6.08 Å². The van der Waals surface area contributed by atoms with Crippen molar-refractivity contribution in [3.8, 4) is 5.75 Å². The minimum atomic E-state index is 0.133. The molecule has 3 aromatic rings. The van der Waals surface area contributed by atoms with Crippen LogP contribution in [-0.2, 0) is 11.3 Å². The van der Waals surface area contributed by atoms with Crippen molar-refractivity contribution in [3.63, 3.8) is 0 Å². The molecule has 4 rings (SSSR count). The molecule has 0 N–H and O–H groups in total. The fraction of sp³-hybridized carbons (Fsp3) is 0.360. The maximum atomic E-state index is 12.4. The average molecular weight is 404 g/mol. The molecule has 30 heavy (non-hydrogen) atoms. The number of para-hydroxylation sites is 2. The molecule has 5 nitrogen and oxygen atoms in total. The Kier molecular flexibility index (Phi) is 6.17. The van der Waals surface area contributed by atoms with Crippen molar-refractivity contribution < 1.29 is 9.53 Å². The van der Waals surface area contributed by atoms with E-state index < -0.39 is 0 Å². The molecule has 2 heterocycles. The molecule has 1 amide bonds. The molecule has 0 bridgehead atoms. The number of benzene rings is 2. The summed E-state index contributed by atoms with van der Waals surface area (Å²) in [6.07, 6.45) is 4.27. The van der Waals surface area contributed by atoms with Gasteiger partial charge < -0.3 is 14.2 Å². The van der Waals surface area contributed by atoms with Crippen LogP contribution in [0.4, 0.5) is 0 Å². The number of nitrogens with zero attached hydrogens (tertiary/aromatic N) is 3. The topological polar surface area (TPSA) is 47.4 Å². The van der Waals surface area contributed by atoms with E-state index in [-0.39, 0.29) is 11.8 Å². The number of carbonyl (C=O) groups excluding carboxylic acids is 1. The fourth-order valence-corrected chi connectivity index (χ4v) is 4.19. The minimum absolute atomic E-state index is 0.133. The van der Waals surface area contributed by atoms with E-state index in [0.717, 1.165) is 42.0 Å². The van der Waals surface area contributed by atoms with Crippen molar-refractivity contribution in [1.29, 1.82) is 0 Å². The summed E-state index contributed by atoms with van der Waals surface area (Å²) in [5, 5.41) is 0. The first-order valence-corrected chi connectivity index (χ1v) is 10.7. The minimum Gasteiger partial charge on any atom is -0.494 e. The van der Waals surface area contributed by atoms with Crippen LogP contribution >= 0.6 is 0 Å². The van der Waals surface area contributed by atoms with Crippen LogP contribution in [0.3, 0.4) is 0 Å². The Labute approximate surface area is 178 Å². The summed E-state index contributed by atoms with van der Waals surface area (Å²) in [7, 11) is 0. The fourth-order valence-electron chi connectivity index (χ4n) is 4.19. The largest absolute Gasteiger partial charge is 0.494 e. The van der Waals surface area contributed by atoms with E-state index in [4.69, 9.17) is 9.72 Å². The number of hydrogen-bond acceptors (Lipinski definition) is 3. The first-order valence-electron chi connectivity index (χ1n) is 10.7. The van der Waals surface area contributed by atoms with Crippen molar-refractivity contribution in [1.82, 2.24) is 14.5 Å². The third-order valence-electron chi connectivity index (χ3n) is 5.65. The highest BCUT2D eigenvalue weighted by molar-refractivity contribution is 5.81. The first kappa shape index (κ1) is 20.2. The van der Waals surface area contributed by atoms with Crippen LogP contribution in [-0.4, -0.2) is 40.1 Å². The third kappa shape index (κ3) is 4.40. The standard InChI is InChI=1S/C25H29N3O2/c1-3-13-27-18-20(17-24(27)29)25-26-22-11-4-5-12-23(22)28(25)14-6-7-15-30-21-10-8-9-19(2)16-21/h3-5,8-12,16,20H,1,6-7,13-15,17-18H2,2H3/t20-/m0/s1. The van der Waals surface area contributed by atoms with Gasteiger partial charge in [-0.1, -0.05) is 30.3 Å². The highest BCUT2D eigenvalue weighted by Gasteiger charge is 2.33. The SMILES string of the molecule is C=CCN1C[C@@H](c2nc3ccccc3n2CCCCOc2cccc(C)c2)CC1=O. The molecule has 0 radical (unpaired) electrons. The Bertz CT molecular complexity index is 1040. The van der Waals surface area contributed by atoms with Crippen molar-refractivity contribution in [2.24, 2.45) is 0 Å². The maximum absolute atomic E-state index is 12.4. The molecule has 0 aliphatic carbocycles. The van der Waals surface area contributed by atoms with Crippen LogP contribution in [0.1, 0.15) is 36.6 Å². The average Bonchev–Trinajstić information content (AvgIpc) is 3.29. The van der Waals surface area contributed by atoms with Gasteiger partial charge in [0, 0.05) is 32.0 Å². The van der Waals surface area contributed by atoms with E-state index in [2.05, 4.69) is 48.4 Å². The molecule has 0 saturated carbocycles. The summed E-state index contributed by atoms with van der Waals surface area (Å²) in [4.78, 5) is 19.1. The van der Waals surface area contributed by atoms with E-state index >= 15 is 0 Å². The number of aromatic nitrogens is 2. The second-order valence-corrected chi connectivity index (χ2v) is 7.97. The number of imidazole rings is 1. The van der Waals surface area contributed by atoms with Gasteiger partial charge in [0.05, 0.1) is 17.6 Å². The van der Waals surface area contributed by atoms with E-state index in [1.807, 2.05) is 23.1 Å². The number of hydrogen-bond donors (Lipinski definition) is 0. The predicted octanol–water partition coefficient (Wildman–Crippen LogP) is 4.71. The Morgan fingerprint density at radius 2 is 2.07 bits per heavy atom. The lowest BCUT2D eigenvalue weighted by Crippen LogP contribution is -2.25. The van der Waals surface area contributed by atoms with Gasteiger partial charge in [0.25, 0.3) is 0 Å². The number of likely N-dealkylation sites (tertiary alicyclic amines) is 1. The lowest BCUT2D eigenvalue weighted by Gasteiger charge is -2.15. The zero-order chi connectivity index (χ0) is 20.9. The lowest BCUT2D eigenvalue weighted by molar-refractivity contribution is -0.127. The molecule has 0 unspecified atom stereocenters. The Morgan fingerprint density at radius 1 is 1.20 bits per heavy atom. The highest BCUT2D eigenvalue weighted by Crippen LogP contribution is 2.30. The van der Waals surface area contributed by atoms with Crippen LogP contribution in [0.2, 0.25) is 0 Å². The predicted molar refractivity (Wildman–Crippen MR) is 120 cm³/mol. The number of amides is 1. The summed E-state index contributed by atoms with van der Waals surface area (Å²) in [6, 6.07) is 16.4. The third-order valence-corrected chi connectivity index (χ3v) is 5.65. The quantitative estimate of drug-likeness (QED) is 0.384. The summed E-state index contributed by atoms with van der Waals surface area (Å²) >= 11 is 0. The molecule has 1 atom stereocenters. The van der Waals surface area contributed by atoms with Gasteiger partial charge >= 0.3 is 0 Å². The Morgan fingerprint density at radius 3 is 2.90 bits per heavy atom. The van der Waals surface area contributed by atoms with Gasteiger partial charge in [-0.3, -0.25) is 4.79 Å². The van der Waals surface area contributed by atoms with Crippen LogP contribution < -0.4 is 4.74 Å². The smallest absolute Gasteiger partial charge is 0.223 e. The number of ether oxygens (including phenoxy) is 1. The number of fused-ring (bicyclic) bond motifs is 1. The zero-order valence-corrected chi connectivity index (χ0v) is 17.6. The van der Waals surface area contributed by atoms with Crippen LogP contribution in [0.5, 0.6) is 5.75 Å². The van der Waals surface area contributed by atoms with E-state index in [1.165, 1.54) is 5.56 Å². The van der Waals surface area contributed by atoms with Gasteiger partial charge in [-0.15, -0.1) is 6.58 Å². The van der Waals surface area contributed by atoms with Crippen LogP contribution in [0.25, 0.3) is 11.0 Å². The molecule has 1 fully saturated rings. The van der Waals surface area contributed by atoms with Crippen molar-refractivity contribution in [2.75, 3.05) is 19.7 Å². The normalized spacial score (nSPS) is 16.4. The van der Waals surface area contributed by atoms with Gasteiger partial charge in [-0.05, 0) is 49.6 Å². The van der Waals surface area contributed by atoms with E-state index in [0.29, 0.717) is 26.1 Å². The zero-order valence-electron chi connectivity index (χ0n) is 17.6. The molecular formula is C25H29N3O2. The summed E-state index contributed by atoms with van der Waals surface area (Å²) in [5.74, 6) is 2.27. The van der Waals surface area contributed by atoms with Crippen molar-refractivity contribution in [2.45, 2.75) is 38.6 Å². The molecule has 1 saturated heterocycles. The molecule has 5 heteroatoms. The molecular weight excluding hydrogens is 374 g/mol. The number of aryl methyl sites for hydroxylation is 2. The van der Waals surface area contributed by atoms with Gasteiger partial charge in [-0.2, -0.15) is 0 Å². The first-order chi connectivity index (χ1) is 14.7. The van der Waals surface area contributed by atoms with Crippen LogP contribution in [0, 0.1) is 6.92 Å². The number of unbranched alkanes of at least 4 members (excludes halogenated alkanes) is 1. The molecule has 1 aromatic heterocycles. The van der Waals surface area contributed by atoms with Gasteiger partial charge in [0.15, 0.2) is 0 Å². The molecule has 1 aliphatic rings. The number of carbonyl (C=O) groups is 1. The van der Waals surface area contributed by atoms with Gasteiger partial charge in [0.2, 0.25) is 5.91 Å². The second kappa shape index (κ2) is 9.16. The summed E-state index contributed by atoms with van der Waals surface area (Å²) in [5.41, 5.74) is 3.35. The Balaban J connectivity index is 1.43. The van der Waals surface area contributed by atoms with Crippen molar-refractivity contribution in [3.05, 3.63) is 72.6 Å². The Hall–Kier alpha value is -3.08. The lowest BCUT2D eigenvalue weighted by atomic mass is 10.1. The van der Waals surface area contributed by atoms with E-state index in [9.17, 15) is 4.79 Å². The highest BCUT2D eigenvalue weighted by atomic mass is 16.5. The van der Waals surface area contributed by atoms with Gasteiger partial charge in [0.1, 0.15) is 11.6 Å².